The molecule has 1 saturated heterocycles. The fraction of sp³-hybridized carbons (Fsp3) is 0.636. The molecular weight excluding hydrogens is 192 g/mol. The predicted molar refractivity (Wildman–Crippen MR) is 55.9 cm³/mol. The topological polar surface area (TPSA) is 58.2 Å². The number of rotatable bonds is 1. The highest BCUT2D eigenvalue weighted by Gasteiger charge is 2.25. The Balaban J connectivity index is 1.98. The number of carbonyl (C=O) groups is 2. The number of allylic oxidation sites excluding steroid dienone is 1. The quantitative estimate of drug-likeness (QED) is 0.507. The molecule has 1 aliphatic carbocycles. The number of hydrogen-bond acceptors (Lipinski definition) is 2. The minimum atomic E-state index is -0.407. The molecule has 2 rings (SSSR count). The Labute approximate surface area is 89.1 Å². The summed E-state index contributed by atoms with van der Waals surface area (Å²) in [5.41, 5.74) is 0.430. The van der Waals surface area contributed by atoms with Crippen LogP contribution < -0.4 is 10.6 Å². The lowest BCUT2D eigenvalue weighted by molar-refractivity contribution is -0.115. The van der Waals surface area contributed by atoms with E-state index in [2.05, 4.69) is 17.6 Å². The molecule has 1 saturated carbocycles. The minimum Gasteiger partial charge on any atom is -0.303 e. The van der Waals surface area contributed by atoms with Crippen LogP contribution in [0.5, 0.6) is 0 Å². The van der Waals surface area contributed by atoms with Gasteiger partial charge in [-0.2, -0.15) is 0 Å². The highest BCUT2D eigenvalue weighted by molar-refractivity contribution is 6.11. The lowest BCUT2D eigenvalue weighted by Gasteiger charge is -2.23. The maximum atomic E-state index is 11.3. The van der Waals surface area contributed by atoms with Gasteiger partial charge in [-0.3, -0.25) is 10.1 Å². The summed E-state index contributed by atoms with van der Waals surface area (Å²) in [6.07, 6.45) is 6.57. The van der Waals surface area contributed by atoms with Crippen molar-refractivity contribution in [2.24, 2.45) is 11.8 Å². The number of hydrogen-bond donors (Lipinski definition) is 2. The van der Waals surface area contributed by atoms with Crippen LogP contribution in [0.1, 0.15) is 32.6 Å². The van der Waals surface area contributed by atoms with E-state index in [9.17, 15) is 9.59 Å². The Hall–Kier alpha value is -1.32. The van der Waals surface area contributed by atoms with Crippen molar-refractivity contribution in [1.29, 1.82) is 0 Å². The van der Waals surface area contributed by atoms with Crippen molar-refractivity contribution >= 4 is 11.9 Å². The number of nitrogens with one attached hydrogen (secondary N) is 2. The first-order chi connectivity index (χ1) is 7.15. The SMILES string of the molecule is CC1CCC(/C=C2\NC(=O)NC2=O)CC1. The summed E-state index contributed by atoms with van der Waals surface area (Å²) >= 11 is 0. The van der Waals surface area contributed by atoms with Crippen LogP contribution in [0.15, 0.2) is 11.8 Å². The van der Waals surface area contributed by atoms with Crippen LogP contribution in [-0.2, 0) is 4.79 Å². The Kier molecular flexibility index (Phi) is 2.75. The zero-order valence-electron chi connectivity index (χ0n) is 8.88. The summed E-state index contributed by atoms with van der Waals surface area (Å²) in [6, 6.07) is -0.407. The zero-order chi connectivity index (χ0) is 10.8. The summed E-state index contributed by atoms with van der Waals surface area (Å²) in [5, 5.41) is 4.73. The molecule has 2 aliphatic rings. The van der Waals surface area contributed by atoms with Gasteiger partial charge in [0.05, 0.1) is 0 Å². The van der Waals surface area contributed by atoms with E-state index in [4.69, 9.17) is 0 Å². The molecule has 0 aromatic carbocycles. The first-order valence-electron chi connectivity index (χ1n) is 5.49. The van der Waals surface area contributed by atoms with Gasteiger partial charge in [-0.1, -0.05) is 25.8 Å². The van der Waals surface area contributed by atoms with Gasteiger partial charge < -0.3 is 5.32 Å². The standard InChI is InChI=1S/C11H16N2O2/c1-7-2-4-8(5-3-7)6-9-10(14)13-11(15)12-9/h6-8H,2-5H2,1H3,(H2,12,13,14,15)/b9-6-. The van der Waals surface area contributed by atoms with Gasteiger partial charge in [0.1, 0.15) is 5.70 Å². The van der Waals surface area contributed by atoms with Gasteiger partial charge in [0.25, 0.3) is 5.91 Å². The normalized spacial score (nSPS) is 34.1. The second kappa shape index (κ2) is 4.04. The van der Waals surface area contributed by atoms with E-state index in [1.807, 2.05) is 6.08 Å². The maximum Gasteiger partial charge on any atom is 0.326 e. The van der Waals surface area contributed by atoms with Crippen LogP contribution in [0.2, 0.25) is 0 Å². The molecule has 0 spiro atoms. The molecule has 1 heterocycles. The smallest absolute Gasteiger partial charge is 0.303 e. The molecule has 2 fully saturated rings. The van der Waals surface area contributed by atoms with E-state index >= 15 is 0 Å². The van der Waals surface area contributed by atoms with Crippen LogP contribution >= 0.6 is 0 Å². The molecular formula is C11H16N2O2. The molecule has 1 aliphatic heterocycles. The fourth-order valence-corrected chi connectivity index (χ4v) is 2.19. The van der Waals surface area contributed by atoms with Gasteiger partial charge in [0.15, 0.2) is 0 Å². The van der Waals surface area contributed by atoms with Crippen molar-refractivity contribution in [2.45, 2.75) is 32.6 Å². The van der Waals surface area contributed by atoms with Crippen LogP contribution in [0.4, 0.5) is 4.79 Å². The number of amides is 3. The molecule has 0 atom stereocenters. The van der Waals surface area contributed by atoms with Crippen molar-refractivity contribution < 1.29 is 9.59 Å². The van der Waals surface area contributed by atoms with Crippen LogP contribution in [-0.4, -0.2) is 11.9 Å². The van der Waals surface area contributed by atoms with E-state index in [1.165, 1.54) is 12.8 Å². The molecule has 15 heavy (non-hydrogen) atoms. The van der Waals surface area contributed by atoms with Crippen molar-refractivity contribution in [2.75, 3.05) is 0 Å². The Morgan fingerprint density at radius 3 is 2.33 bits per heavy atom. The second-order valence-electron chi connectivity index (χ2n) is 4.51. The molecule has 0 radical (unpaired) electrons. The lowest BCUT2D eigenvalue weighted by atomic mass is 9.82. The van der Waals surface area contributed by atoms with Crippen molar-refractivity contribution in [1.82, 2.24) is 10.6 Å². The molecule has 4 nitrogen and oxygen atoms in total. The largest absolute Gasteiger partial charge is 0.326 e. The maximum absolute atomic E-state index is 11.3. The molecule has 0 aromatic heterocycles. The molecule has 2 N–H and O–H groups in total. The first kappa shape index (κ1) is 10.2. The van der Waals surface area contributed by atoms with E-state index in [0.29, 0.717) is 11.6 Å². The Bertz CT molecular complexity index is 315. The van der Waals surface area contributed by atoms with Gasteiger partial charge >= 0.3 is 6.03 Å². The highest BCUT2D eigenvalue weighted by Crippen LogP contribution is 2.29. The number of carbonyl (C=O) groups excluding carboxylic acids is 2. The van der Waals surface area contributed by atoms with E-state index in [0.717, 1.165) is 18.8 Å². The molecule has 0 aromatic rings. The molecule has 0 bridgehead atoms. The average molecular weight is 208 g/mol. The first-order valence-corrected chi connectivity index (χ1v) is 5.49. The van der Waals surface area contributed by atoms with Crippen molar-refractivity contribution in [3.63, 3.8) is 0 Å². The zero-order valence-corrected chi connectivity index (χ0v) is 8.88. The van der Waals surface area contributed by atoms with Crippen LogP contribution in [0.3, 0.4) is 0 Å². The predicted octanol–water partition coefficient (Wildman–Crippen LogP) is 1.54. The van der Waals surface area contributed by atoms with Crippen molar-refractivity contribution in [3.05, 3.63) is 11.8 Å². The highest BCUT2D eigenvalue weighted by atomic mass is 16.2. The molecule has 3 amide bonds. The number of imide groups is 1. The van der Waals surface area contributed by atoms with Crippen LogP contribution in [0, 0.1) is 11.8 Å². The third kappa shape index (κ3) is 2.37. The van der Waals surface area contributed by atoms with Crippen LogP contribution in [0.25, 0.3) is 0 Å². The van der Waals surface area contributed by atoms with Crippen molar-refractivity contribution in [3.8, 4) is 0 Å². The Morgan fingerprint density at radius 2 is 1.80 bits per heavy atom. The monoisotopic (exact) mass is 208 g/mol. The minimum absolute atomic E-state index is 0.293. The van der Waals surface area contributed by atoms with E-state index in [-0.39, 0.29) is 5.91 Å². The fourth-order valence-electron chi connectivity index (χ4n) is 2.19. The third-order valence-corrected chi connectivity index (χ3v) is 3.18. The summed E-state index contributed by atoms with van der Waals surface area (Å²) in [7, 11) is 0. The van der Waals surface area contributed by atoms with E-state index in [1.54, 1.807) is 0 Å². The van der Waals surface area contributed by atoms with E-state index < -0.39 is 6.03 Å². The average Bonchev–Trinajstić information content (AvgIpc) is 2.49. The van der Waals surface area contributed by atoms with Gasteiger partial charge in [-0.15, -0.1) is 0 Å². The van der Waals surface area contributed by atoms with Gasteiger partial charge in [0, 0.05) is 0 Å². The molecule has 0 unspecified atom stereocenters. The molecule has 82 valence electrons. The van der Waals surface area contributed by atoms with Gasteiger partial charge in [-0.05, 0) is 24.7 Å². The lowest BCUT2D eigenvalue weighted by Crippen LogP contribution is -2.22. The summed E-state index contributed by atoms with van der Waals surface area (Å²) in [5.74, 6) is 0.950. The Morgan fingerprint density at radius 1 is 1.13 bits per heavy atom. The summed E-state index contributed by atoms with van der Waals surface area (Å²) < 4.78 is 0. The third-order valence-electron chi connectivity index (χ3n) is 3.18. The van der Waals surface area contributed by atoms with Gasteiger partial charge in [0.2, 0.25) is 0 Å². The molecule has 4 heteroatoms. The number of urea groups is 1. The van der Waals surface area contributed by atoms with Gasteiger partial charge in [-0.25, -0.2) is 4.79 Å². The summed E-state index contributed by atoms with van der Waals surface area (Å²) in [4.78, 5) is 22.1. The second-order valence-corrected chi connectivity index (χ2v) is 4.51. The summed E-state index contributed by atoms with van der Waals surface area (Å²) in [6.45, 7) is 2.26.